The first-order valence-electron chi connectivity index (χ1n) is 8.32. The highest BCUT2D eigenvalue weighted by Crippen LogP contribution is 2.22. The summed E-state index contributed by atoms with van der Waals surface area (Å²) >= 11 is 0. The van der Waals surface area contributed by atoms with Crippen molar-refractivity contribution < 1.29 is 19.4 Å². The minimum Gasteiger partial charge on any atom is -0.480 e. The fourth-order valence-corrected chi connectivity index (χ4v) is 2.52. The Morgan fingerprint density at radius 2 is 1.88 bits per heavy atom. The second-order valence-corrected chi connectivity index (χ2v) is 7.17. The zero-order valence-electron chi connectivity index (χ0n) is 15.3. The molecule has 0 heterocycles. The first-order chi connectivity index (χ1) is 11.1. The molecular formula is C19H29NO4. The lowest BCUT2D eigenvalue weighted by atomic mass is 9.93. The van der Waals surface area contributed by atoms with E-state index < -0.39 is 12.0 Å². The van der Waals surface area contributed by atoms with Gasteiger partial charge in [-0.05, 0) is 44.7 Å². The third kappa shape index (κ3) is 7.13. The summed E-state index contributed by atoms with van der Waals surface area (Å²) in [6.45, 7) is 9.99. The predicted octanol–water partition coefficient (Wildman–Crippen LogP) is 3.26. The first-order valence-corrected chi connectivity index (χ1v) is 8.32. The highest BCUT2D eigenvalue weighted by Gasteiger charge is 2.22. The van der Waals surface area contributed by atoms with Crippen molar-refractivity contribution in [2.24, 2.45) is 0 Å². The average molecular weight is 335 g/mol. The second-order valence-electron chi connectivity index (χ2n) is 7.17. The van der Waals surface area contributed by atoms with Crippen molar-refractivity contribution in [1.82, 2.24) is 5.32 Å². The quantitative estimate of drug-likeness (QED) is 0.764. The molecule has 24 heavy (non-hydrogen) atoms. The van der Waals surface area contributed by atoms with Crippen LogP contribution in [0.1, 0.15) is 57.6 Å². The highest BCUT2D eigenvalue weighted by atomic mass is 16.5. The number of amides is 1. The van der Waals surface area contributed by atoms with Gasteiger partial charge in [0.15, 0.2) is 0 Å². The van der Waals surface area contributed by atoms with Crippen molar-refractivity contribution in [1.29, 1.82) is 0 Å². The molecule has 0 aromatic heterocycles. The number of carbonyl (C=O) groups is 2. The molecule has 0 aliphatic carbocycles. The summed E-state index contributed by atoms with van der Waals surface area (Å²) in [6, 6.07) is 6.98. The SMILES string of the molecule is Cc1ccccc1C(C)CC(=O)NC(CCOC(C)(C)C)C(=O)O. The summed E-state index contributed by atoms with van der Waals surface area (Å²) in [6.07, 6.45) is 0.506. The molecule has 0 bridgehead atoms. The molecule has 0 aliphatic rings. The van der Waals surface area contributed by atoms with Gasteiger partial charge in [-0.2, -0.15) is 0 Å². The van der Waals surface area contributed by atoms with Crippen LogP contribution in [0.4, 0.5) is 0 Å². The van der Waals surface area contributed by atoms with E-state index in [4.69, 9.17) is 4.74 Å². The summed E-state index contributed by atoms with van der Waals surface area (Å²) in [5.41, 5.74) is 1.91. The van der Waals surface area contributed by atoms with Crippen LogP contribution in [0.25, 0.3) is 0 Å². The van der Waals surface area contributed by atoms with E-state index in [0.29, 0.717) is 0 Å². The van der Waals surface area contributed by atoms with E-state index in [1.807, 2.05) is 58.9 Å². The van der Waals surface area contributed by atoms with Gasteiger partial charge < -0.3 is 15.2 Å². The van der Waals surface area contributed by atoms with Gasteiger partial charge in [-0.1, -0.05) is 31.2 Å². The number of carboxylic acid groups (broad SMARTS) is 1. The molecule has 1 rings (SSSR count). The molecule has 1 aromatic carbocycles. The lowest BCUT2D eigenvalue weighted by Gasteiger charge is -2.22. The summed E-state index contributed by atoms with van der Waals surface area (Å²) in [5, 5.41) is 11.9. The number of carboxylic acids is 1. The van der Waals surface area contributed by atoms with Crippen LogP contribution >= 0.6 is 0 Å². The number of hydrogen-bond acceptors (Lipinski definition) is 3. The topological polar surface area (TPSA) is 75.6 Å². The number of benzene rings is 1. The van der Waals surface area contributed by atoms with E-state index in [1.54, 1.807) is 0 Å². The van der Waals surface area contributed by atoms with Gasteiger partial charge in [0.05, 0.1) is 5.60 Å². The van der Waals surface area contributed by atoms with E-state index in [-0.39, 0.29) is 36.9 Å². The summed E-state index contributed by atoms with van der Waals surface area (Å²) in [7, 11) is 0. The van der Waals surface area contributed by atoms with Crippen molar-refractivity contribution in [3.63, 3.8) is 0 Å². The Bertz CT molecular complexity index is 563. The van der Waals surface area contributed by atoms with E-state index in [9.17, 15) is 14.7 Å². The molecule has 2 atom stereocenters. The molecule has 0 fully saturated rings. The van der Waals surface area contributed by atoms with Crippen LogP contribution in [-0.4, -0.2) is 35.2 Å². The lowest BCUT2D eigenvalue weighted by molar-refractivity contribution is -0.142. The zero-order valence-corrected chi connectivity index (χ0v) is 15.3. The molecule has 2 unspecified atom stereocenters. The zero-order chi connectivity index (χ0) is 18.3. The number of nitrogens with one attached hydrogen (secondary N) is 1. The molecule has 1 aromatic rings. The van der Waals surface area contributed by atoms with Gasteiger partial charge in [0.25, 0.3) is 0 Å². The Kier molecular flexibility index (Phi) is 7.42. The van der Waals surface area contributed by atoms with Crippen molar-refractivity contribution >= 4 is 11.9 Å². The lowest BCUT2D eigenvalue weighted by Crippen LogP contribution is -2.42. The smallest absolute Gasteiger partial charge is 0.326 e. The van der Waals surface area contributed by atoms with Crippen molar-refractivity contribution in [3.05, 3.63) is 35.4 Å². The standard InChI is InChI=1S/C19H29NO4/c1-13-8-6-7-9-15(13)14(2)12-17(21)20-16(18(22)23)10-11-24-19(3,4)5/h6-9,14,16H,10-12H2,1-5H3,(H,20,21)(H,22,23). The van der Waals surface area contributed by atoms with Crippen LogP contribution in [0.15, 0.2) is 24.3 Å². The fourth-order valence-electron chi connectivity index (χ4n) is 2.52. The summed E-state index contributed by atoms with van der Waals surface area (Å²) in [5.74, 6) is -1.26. The molecule has 0 radical (unpaired) electrons. The van der Waals surface area contributed by atoms with Crippen molar-refractivity contribution in [3.8, 4) is 0 Å². The van der Waals surface area contributed by atoms with Gasteiger partial charge in [-0.25, -0.2) is 4.79 Å². The molecule has 1 amide bonds. The largest absolute Gasteiger partial charge is 0.480 e. The molecule has 2 N–H and O–H groups in total. The van der Waals surface area contributed by atoms with Gasteiger partial charge in [0, 0.05) is 19.4 Å². The van der Waals surface area contributed by atoms with Crippen LogP contribution in [0.2, 0.25) is 0 Å². The maximum atomic E-state index is 12.2. The van der Waals surface area contributed by atoms with E-state index in [0.717, 1.165) is 11.1 Å². The number of hydrogen-bond donors (Lipinski definition) is 2. The highest BCUT2D eigenvalue weighted by molar-refractivity contribution is 5.83. The molecule has 0 saturated heterocycles. The Morgan fingerprint density at radius 3 is 2.42 bits per heavy atom. The number of aryl methyl sites for hydroxylation is 1. The van der Waals surface area contributed by atoms with E-state index in [2.05, 4.69) is 5.32 Å². The van der Waals surface area contributed by atoms with Gasteiger partial charge in [-0.15, -0.1) is 0 Å². The molecule has 5 heteroatoms. The monoisotopic (exact) mass is 335 g/mol. The summed E-state index contributed by atoms with van der Waals surface area (Å²) in [4.78, 5) is 23.5. The molecular weight excluding hydrogens is 306 g/mol. The van der Waals surface area contributed by atoms with Crippen molar-refractivity contribution in [2.75, 3.05) is 6.61 Å². The van der Waals surface area contributed by atoms with Gasteiger partial charge >= 0.3 is 5.97 Å². The van der Waals surface area contributed by atoms with Crippen LogP contribution in [0, 0.1) is 6.92 Å². The normalized spacial score (nSPS) is 14.0. The number of ether oxygens (including phenoxy) is 1. The minimum atomic E-state index is -1.04. The number of rotatable bonds is 8. The van der Waals surface area contributed by atoms with Crippen LogP contribution in [0.5, 0.6) is 0 Å². The van der Waals surface area contributed by atoms with Gasteiger partial charge in [0.2, 0.25) is 5.91 Å². The molecule has 134 valence electrons. The van der Waals surface area contributed by atoms with Crippen LogP contribution < -0.4 is 5.32 Å². The minimum absolute atomic E-state index is 0.0338. The predicted molar refractivity (Wildman–Crippen MR) is 94.1 cm³/mol. The number of aliphatic carboxylic acids is 1. The summed E-state index contributed by atoms with van der Waals surface area (Å²) < 4.78 is 5.54. The third-order valence-corrected chi connectivity index (χ3v) is 3.79. The maximum absolute atomic E-state index is 12.2. The van der Waals surface area contributed by atoms with E-state index >= 15 is 0 Å². The third-order valence-electron chi connectivity index (χ3n) is 3.79. The van der Waals surface area contributed by atoms with Gasteiger partial charge in [-0.3, -0.25) is 4.79 Å². The Hall–Kier alpha value is -1.88. The maximum Gasteiger partial charge on any atom is 0.326 e. The van der Waals surface area contributed by atoms with Crippen molar-refractivity contribution in [2.45, 2.75) is 65.0 Å². The Morgan fingerprint density at radius 1 is 1.25 bits per heavy atom. The first kappa shape index (κ1) is 20.2. The Balaban J connectivity index is 2.56. The average Bonchev–Trinajstić information content (AvgIpc) is 2.45. The fraction of sp³-hybridized carbons (Fsp3) is 0.579. The molecule has 0 saturated carbocycles. The van der Waals surface area contributed by atoms with Gasteiger partial charge in [0.1, 0.15) is 6.04 Å². The number of carbonyl (C=O) groups excluding carboxylic acids is 1. The van der Waals surface area contributed by atoms with E-state index in [1.165, 1.54) is 0 Å². The molecule has 0 aliphatic heterocycles. The van der Waals surface area contributed by atoms with Crippen LogP contribution in [0.3, 0.4) is 0 Å². The second kappa shape index (κ2) is 8.83. The molecule has 5 nitrogen and oxygen atoms in total. The van der Waals surface area contributed by atoms with Crippen LogP contribution in [-0.2, 0) is 14.3 Å². The Labute approximate surface area is 144 Å². The molecule has 0 spiro atoms.